The number of hydrogen-bond acceptors (Lipinski definition) is 3. The fourth-order valence-corrected chi connectivity index (χ4v) is 2.52. The van der Waals surface area contributed by atoms with E-state index in [2.05, 4.69) is 0 Å². The number of hydrogen-bond donors (Lipinski definition) is 1. The number of nitrogens with zero attached hydrogens (tertiary/aromatic N) is 2. The zero-order valence-electron chi connectivity index (χ0n) is 12.0. The van der Waals surface area contributed by atoms with Crippen molar-refractivity contribution in [3.05, 3.63) is 70.9 Å². The van der Waals surface area contributed by atoms with Gasteiger partial charge in [0.1, 0.15) is 11.8 Å². The Morgan fingerprint density at radius 3 is 2.50 bits per heavy atom. The molecule has 0 aliphatic heterocycles. The maximum absolute atomic E-state index is 12.8. The van der Waals surface area contributed by atoms with Gasteiger partial charge in [0.05, 0.1) is 16.6 Å². The van der Waals surface area contributed by atoms with Crippen LogP contribution in [0, 0.1) is 11.3 Å². The molecule has 0 aliphatic carbocycles. The quantitative estimate of drug-likeness (QED) is 0.570. The van der Waals surface area contributed by atoms with Gasteiger partial charge in [-0.2, -0.15) is 23.2 Å². The van der Waals surface area contributed by atoms with Crippen molar-refractivity contribution in [2.75, 3.05) is 0 Å². The summed E-state index contributed by atoms with van der Waals surface area (Å²) in [5.74, 6) is -0.864. The van der Waals surface area contributed by atoms with E-state index in [1.54, 1.807) is 18.2 Å². The summed E-state index contributed by atoms with van der Waals surface area (Å²) in [6.45, 7) is 0. The highest BCUT2D eigenvalue weighted by atomic mass is 19.4. The molecule has 1 aromatic heterocycles. The normalized spacial score (nSPS) is 11.4. The lowest BCUT2D eigenvalue weighted by atomic mass is 10.0. The van der Waals surface area contributed by atoms with Crippen LogP contribution in [0.25, 0.3) is 10.9 Å². The van der Waals surface area contributed by atoms with Gasteiger partial charge in [0.2, 0.25) is 5.78 Å². The Labute approximate surface area is 133 Å². The number of nitriles is 1. The van der Waals surface area contributed by atoms with Crippen LogP contribution in [0.15, 0.2) is 48.5 Å². The Morgan fingerprint density at radius 1 is 1.12 bits per heavy atom. The van der Waals surface area contributed by atoms with Gasteiger partial charge in [-0.3, -0.25) is 4.79 Å². The van der Waals surface area contributed by atoms with Crippen molar-refractivity contribution in [1.29, 1.82) is 5.26 Å². The number of alkyl halides is 3. The van der Waals surface area contributed by atoms with E-state index in [-0.39, 0.29) is 22.3 Å². The third-order valence-corrected chi connectivity index (χ3v) is 3.63. The van der Waals surface area contributed by atoms with Gasteiger partial charge in [-0.15, -0.1) is 0 Å². The molecular weight excluding hydrogens is 321 g/mol. The van der Waals surface area contributed by atoms with Crippen molar-refractivity contribution in [3.8, 4) is 6.07 Å². The second kappa shape index (κ2) is 5.42. The highest BCUT2D eigenvalue weighted by Crippen LogP contribution is 2.31. The largest absolute Gasteiger partial charge is 0.428 e. The number of para-hydroxylation sites is 1. The minimum atomic E-state index is -4.60. The highest BCUT2D eigenvalue weighted by molar-refractivity contribution is 6.13. The first-order valence-electron chi connectivity index (χ1n) is 6.79. The average molecular weight is 330 g/mol. The summed E-state index contributed by atoms with van der Waals surface area (Å²) >= 11 is 0. The molecule has 0 unspecified atom stereocenters. The van der Waals surface area contributed by atoms with Gasteiger partial charge in [-0.25, -0.2) is 0 Å². The number of benzene rings is 2. The van der Waals surface area contributed by atoms with Gasteiger partial charge in [0.25, 0.3) is 0 Å². The molecule has 0 fully saturated rings. The van der Waals surface area contributed by atoms with Crippen molar-refractivity contribution in [2.24, 2.45) is 0 Å². The number of fused-ring (bicyclic) bond motifs is 1. The highest BCUT2D eigenvalue weighted by Gasteiger charge is 2.32. The summed E-state index contributed by atoms with van der Waals surface area (Å²) in [5.41, 5.74) is -1.47. The van der Waals surface area contributed by atoms with Crippen molar-refractivity contribution in [2.45, 2.75) is 6.18 Å². The number of carbonyl (C=O) groups is 1. The number of ketones is 1. The van der Waals surface area contributed by atoms with Crippen LogP contribution < -0.4 is 0 Å². The minimum absolute atomic E-state index is 0.0875. The van der Waals surface area contributed by atoms with Gasteiger partial charge in [-0.1, -0.05) is 30.3 Å². The van der Waals surface area contributed by atoms with E-state index < -0.39 is 17.5 Å². The lowest BCUT2D eigenvalue weighted by Gasteiger charge is -2.08. The van der Waals surface area contributed by atoms with Crippen LogP contribution >= 0.6 is 0 Å². The van der Waals surface area contributed by atoms with Crippen LogP contribution in [0.4, 0.5) is 13.2 Å². The average Bonchev–Trinajstić information content (AvgIpc) is 2.86. The first kappa shape index (κ1) is 15.6. The molecule has 7 heteroatoms. The van der Waals surface area contributed by atoms with Crippen molar-refractivity contribution < 1.29 is 23.2 Å². The van der Waals surface area contributed by atoms with Crippen LogP contribution in [-0.4, -0.2) is 15.7 Å². The van der Waals surface area contributed by atoms with E-state index in [4.69, 9.17) is 0 Å². The van der Waals surface area contributed by atoms with Crippen molar-refractivity contribution in [3.63, 3.8) is 0 Å². The predicted octanol–water partition coefficient (Wildman–Crippen LogP) is 4.00. The smallest absolute Gasteiger partial charge is 0.416 e. The lowest BCUT2D eigenvalue weighted by Crippen LogP contribution is -2.12. The van der Waals surface area contributed by atoms with E-state index >= 15 is 0 Å². The molecule has 0 radical (unpaired) electrons. The third kappa shape index (κ3) is 2.38. The zero-order chi connectivity index (χ0) is 17.5. The summed E-state index contributed by atoms with van der Waals surface area (Å²) in [6, 6.07) is 12.0. The SMILES string of the molecule is N#Cc1c(C(=O)c2cccc(C(F)(F)F)c2)n(O)c2ccccc12. The van der Waals surface area contributed by atoms with Crippen LogP contribution in [0.2, 0.25) is 0 Å². The number of aromatic nitrogens is 1. The topological polar surface area (TPSA) is 66.0 Å². The zero-order valence-corrected chi connectivity index (χ0v) is 12.0. The lowest BCUT2D eigenvalue weighted by molar-refractivity contribution is -0.137. The first-order chi connectivity index (χ1) is 11.3. The Hall–Kier alpha value is -3.27. The molecule has 2 aromatic carbocycles. The summed E-state index contributed by atoms with van der Waals surface area (Å²) in [5, 5.41) is 19.8. The van der Waals surface area contributed by atoms with Crippen molar-refractivity contribution in [1.82, 2.24) is 4.73 Å². The molecule has 24 heavy (non-hydrogen) atoms. The summed E-state index contributed by atoms with van der Waals surface area (Å²) in [6.07, 6.45) is -4.60. The molecule has 4 nitrogen and oxygen atoms in total. The molecule has 3 aromatic rings. The molecular formula is C17H9F3N2O2. The molecule has 0 saturated heterocycles. The van der Waals surface area contributed by atoms with Gasteiger partial charge >= 0.3 is 6.18 Å². The molecule has 1 N–H and O–H groups in total. The molecule has 0 saturated carbocycles. The summed E-state index contributed by atoms with van der Waals surface area (Å²) in [7, 11) is 0. The molecule has 0 aliphatic rings. The standard InChI is InChI=1S/C17H9F3N2O2/c18-17(19,20)11-5-3-4-10(8-11)16(23)15-13(9-21)12-6-1-2-7-14(12)22(15)24/h1-8,24H. The van der Waals surface area contributed by atoms with Gasteiger partial charge < -0.3 is 5.21 Å². The van der Waals surface area contributed by atoms with Crippen LogP contribution in [0.3, 0.4) is 0 Å². The number of carbonyl (C=O) groups excluding carboxylic acids is 1. The van der Waals surface area contributed by atoms with Crippen LogP contribution in [0.1, 0.15) is 27.2 Å². The van der Waals surface area contributed by atoms with E-state index in [0.717, 1.165) is 12.1 Å². The molecule has 3 rings (SSSR count). The fourth-order valence-electron chi connectivity index (χ4n) is 2.52. The number of rotatable bonds is 2. The minimum Gasteiger partial charge on any atom is -0.428 e. The Kier molecular flexibility index (Phi) is 3.53. The summed E-state index contributed by atoms with van der Waals surface area (Å²) in [4.78, 5) is 12.6. The van der Waals surface area contributed by atoms with Gasteiger partial charge in [-0.05, 0) is 18.2 Å². The summed E-state index contributed by atoms with van der Waals surface area (Å²) < 4.78 is 39.0. The number of halogens is 3. The molecule has 0 atom stereocenters. The van der Waals surface area contributed by atoms with E-state index in [9.17, 15) is 28.4 Å². The monoisotopic (exact) mass is 330 g/mol. The van der Waals surface area contributed by atoms with Crippen LogP contribution in [-0.2, 0) is 6.18 Å². The second-order valence-corrected chi connectivity index (χ2v) is 5.07. The maximum atomic E-state index is 12.8. The molecule has 0 spiro atoms. The fraction of sp³-hybridized carbons (Fsp3) is 0.0588. The Morgan fingerprint density at radius 2 is 1.83 bits per heavy atom. The van der Waals surface area contributed by atoms with Crippen LogP contribution in [0.5, 0.6) is 0 Å². The predicted molar refractivity (Wildman–Crippen MR) is 78.7 cm³/mol. The Balaban J connectivity index is 2.20. The molecule has 0 bridgehead atoms. The second-order valence-electron chi connectivity index (χ2n) is 5.07. The molecule has 0 amide bonds. The van der Waals surface area contributed by atoms with Gasteiger partial charge in [0.15, 0.2) is 0 Å². The molecule has 1 heterocycles. The maximum Gasteiger partial charge on any atom is 0.416 e. The van der Waals surface area contributed by atoms with E-state index in [1.165, 1.54) is 12.1 Å². The van der Waals surface area contributed by atoms with E-state index in [0.29, 0.717) is 16.2 Å². The third-order valence-electron chi connectivity index (χ3n) is 3.63. The van der Waals surface area contributed by atoms with E-state index in [1.807, 2.05) is 6.07 Å². The van der Waals surface area contributed by atoms with Crippen molar-refractivity contribution >= 4 is 16.7 Å². The van der Waals surface area contributed by atoms with Gasteiger partial charge in [0, 0.05) is 10.9 Å². The molecule has 120 valence electrons. The Bertz CT molecular complexity index is 997. The first-order valence-corrected chi connectivity index (χ1v) is 6.79.